The number of carbonyl (C=O) groups excluding carboxylic acids is 1. The number of carbonyl (C=O) groups is 1. The van der Waals surface area contributed by atoms with E-state index in [1.165, 1.54) is 0 Å². The summed E-state index contributed by atoms with van der Waals surface area (Å²) in [5, 5.41) is 2.85. The van der Waals surface area contributed by atoms with Crippen molar-refractivity contribution in [1.82, 2.24) is 5.32 Å². The molecule has 0 heterocycles. The SMILES string of the molecule is CCOC(C)CNC(=O)CCC(N)c1ccccc1. The Labute approximate surface area is 115 Å². The van der Waals surface area contributed by atoms with Crippen LogP contribution in [0.25, 0.3) is 0 Å². The fourth-order valence-electron chi connectivity index (χ4n) is 1.84. The van der Waals surface area contributed by atoms with E-state index in [-0.39, 0.29) is 18.1 Å². The monoisotopic (exact) mass is 264 g/mol. The van der Waals surface area contributed by atoms with Crippen molar-refractivity contribution in [1.29, 1.82) is 0 Å². The fraction of sp³-hybridized carbons (Fsp3) is 0.533. The van der Waals surface area contributed by atoms with Gasteiger partial charge in [0.15, 0.2) is 0 Å². The molecule has 0 aliphatic carbocycles. The molecule has 0 spiro atoms. The third-order valence-corrected chi connectivity index (χ3v) is 2.95. The van der Waals surface area contributed by atoms with E-state index in [0.29, 0.717) is 26.0 Å². The third kappa shape index (κ3) is 6.36. The molecule has 106 valence electrons. The first-order valence-corrected chi connectivity index (χ1v) is 6.82. The van der Waals surface area contributed by atoms with Gasteiger partial charge in [0.2, 0.25) is 5.91 Å². The first-order valence-electron chi connectivity index (χ1n) is 6.82. The highest BCUT2D eigenvalue weighted by molar-refractivity contribution is 5.75. The summed E-state index contributed by atoms with van der Waals surface area (Å²) in [6, 6.07) is 9.76. The smallest absolute Gasteiger partial charge is 0.220 e. The second-order valence-corrected chi connectivity index (χ2v) is 4.63. The molecular weight excluding hydrogens is 240 g/mol. The highest BCUT2D eigenvalue weighted by Crippen LogP contribution is 2.14. The van der Waals surface area contributed by atoms with Crippen LogP contribution >= 0.6 is 0 Å². The molecule has 1 aromatic carbocycles. The zero-order chi connectivity index (χ0) is 14.1. The molecular formula is C15H24N2O2. The normalized spacial score (nSPS) is 13.8. The number of nitrogens with one attached hydrogen (secondary N) is 1. The number of amides is 1. The Bertz CT molecular complexity index is 368. The molecule has 0 saturated heterocycles. The molecule has 4 nitrogen and oxygen atoms in total. The molecule has 19 heavy (non-hydrogen) atoms. The molecule has 3 N–H and O–H groups in total. The summed E-state index contributed by atoms with van der Waals surface area (Å²) in [6.07, 6.45) is 1.14. The molecule has 1 rings (SSSR count). The Balaban J connectivity index is 2.23. The van der Waals surface area contributed by atoms with Crippen molar-refractivity contribution in [2.45, 2.75) is 38.8 Å². The lowest BCUT2D eigenvalue weighted by Gasteiger charge is -2.14. The van der Waals surface area contributed by atoms with Crippen molar-refractivity contribution in [2.75, 3.05) is 13.2 Å². The van der Waals surface area contributed by atoms with Gasteiger partial charge in [-0.1, -0.05) is 30.3 Å². The van der Waals surface area contributed by atoms with Crippen LogP contribution in [0, 0.1) is 0 Å². The van der Waals surface area contributed by atoms with Crippen LogP contribution in [0.5, 0.6) is 0 Å². The number of hydrogen-bond donors (Lipinski definition) is 2. The van der Waals surface area contributed by atoms with E-state index in [2.05, 4.69) is 5.32 Å². The predicted molar refractivity (Wildman–Crippen MR) is 76.7 cm³/mol. The van der Waals surface area contributed by atoms with Crippen molar-refractivity contribution >= 4 is 5.91 Å². The number of nitrogens with two attached hydrogens (primary N) is 1. The molecule has 2 atom stereocenters. The van der Waals surface area contributed by atoms with Crippen LogP contribution in [-0.4, -0.2) is 25.2 Å². The zero-order valence-electron chi connectivity index (χ0n) is 11.8. The molecule has 0 aliphatic rings. The Hall–Kier alpha value is -1.39. The molecule has 4 heteroatoms. The van der Waals surface area contributed by atoms with Gasteiger partial charge < -0.3 is 15.8 Å². The second kappa shape index (κ2) is 8.67. The van der Waals surface area contributed by atoms with Crippen molar-refractivity contribution in [3.8, 4) is 0 Å². The molecule has 1 aromatic rings. The van der Waals surface area contributed by atoms with Gasteiger partial charge in [-0.3, -0.25) is 4.79 Å². The van der Waals surface area contributed by atoms with E-state index in [1.54, 1.807) is 0 Å². The van der Waals surface area contributed by atoms with Gasteiger partial charge in [0.1, 0.15) is 0 Å². The van der Waals surface area contributed by atoms with Gasteiger partial charge in [-0.25, -0.2) is 0 Å². The number of hydrogen-bond acceptors (Lipinski definition) is 3. The molecule has 1 amide bonds. The van der Waals surface area contributed by atoms with Crippen LogP contribution < -0.4 is 11.1 Å². The van der Waals surface area contributed by atoms with Crippen molar-refractivity contribution < 1.29 is 9.53 Å². The highest BCUT2D eigenvalue weighted by atomic mass is 16.5. The molecule has 0 fully saturated rings. The first kappa shape index (κ1) is 15.7. The summed E-state index contributed by atoms with van der Waals surface area (Å²) in [5.74, 6) is 0.0259. The predicted octanol–water partition coefficient (Wildman–Crippen LogP) is 2.01. The fourth-order valence-corrected chi connectivity index (χ4v) is 1.84. The van der Waals surface area contributed by atoms with Crippen LogP contribution in [0.15, 0.2) is 30.3 Å². The maximum atomic E-state index is 11.7. The molecule has 0 radical (unpaired) electrons. The van der Waals surface area contributed by atoms with Crippen LogP contribution in [0.2, 0.25) is 0 Å². The quantitative estimate of drug-likeness (QED) is 0.755. The number of rotatable bonds is 8. The van der Waals surface area contributed by atoms with Crippen LogP contribution in [0.3, 0.4) is 0 Å². The van der Waals surface area contributed by atoms with Gasteiger partial charge in [0.05, 0.1) is 6.10 Å². The average molecular weight is 264 g/mol. The van der Waals surface area contributed by atoms with Crippen LogP contribution in [0.1, 0.15) is 38.3 Å². The number of ether oxygens (including phenoxy) is 1. The van der Waals surface area contributed by atoms with Gasteiger partial charge in [-0.15, -0.1) is 0 Å². The molecule has 2 unspecified atom stereocenters. The third-order valence-electron chi connectivity index (χ3n) is 2.95. The van der Waals surface area contributed by atoms with E-state index < -0.39 is 0 Å². The average Bonchev–Trinajstić information content (AvgIpc) is 2.44. The van der Waals surface area contributed by atoms with Gasteiger partial charge in [-0.2, -0.15) is 0 Å². The minimum Gasteiger partial charge on any atom is -0.377 e. The van der Waals surface area contributed by atoms with Gasteiger partial charge >= 0.3 is 0 Å². The van der Waals surface area contributed by atoms with Gasteiger partial charge in [0, 0.05) is 25.6 Å². The van der Waals surface area contributed by atoms with E-state index >= 15 is 0 Å². The summed E-state index contributed by atoms with van der Waals surface area (Å²) in [6.45, 7) is 5.10. The summed E-state index contributed by atoms with van der Waals surface area (Å²) in [4.78, 5) is 11.7. The lowest BCUT2D eigenvalue weighted by Crippen LogP contribution is -2.32. The first-order chi connectivity index (χ1) is 9.13. The second-order valence-electron chi connectivity index (χ2n) is 4.63. The largest absolute Gasteiger partial charge is 0.377 e. The molecule has 0 bridgehead atoms. The van der Waals surface area contributed by atoms with Crippen LogP contribution in [0.4, 0.5) is 0 Å². The van der Waals surface area contributed by atoms with Crippen LogP contribution in [-0.2, 0) is 9.53 Å². The Morgan fingerprint density at radius 3 is 2.68 bits per heavy atom. The topological polar surface area (TPSA) is 64.3 Å². The van der Waals surface area contributed by atoms with E-state index in [1.807, 2.05) is 44.2 Å². The highest BCUT2D eigenvalue weighted by Gasteiger charge is 2.09. The minimum atomic E-state index is -0.0868. The lowest BCUT2D eigenvalue weighted by molar-refractivity contribution is -0.121. The Morgan fingerprint density at radius 1 is 1.37 bits per heavy atom. The van der Waals surface area contributed by atoms with E-state index in [4.69, 9.17) is 10.5 Å². The molecule has 0 aromatic heterocycles. The van der Waals surface area contributed by atoms with Gasteiger partial charge in [0.25, 0.3) is 0 Å². The maximum Gasteiger partial charge on any atom is 0.220 e. The van der Waals surface area contributed by atoms with E-state index in [9.17, 15) is 4.79 Å². The minimum absolute atomic E-state index is 0.0259. The van der Waals surface area contributed by atoms with Gasteiger partial charge in [-0.05, 0) is 25.8 Å². The zero-order valence-corrected chi connectivity index (χ0v) is 11.8. The lowest BCUT2D eigenvalue weighted by atomic mass is 10.0. The van der Waals surface area contributed by atoms with Crippen molar-refractivity contribution in [3.05, 3.63) is 35.9 Å². The molecule has 0 aliphatic heterocycles. The maximum absolute atomic E-state index is 11.7. The summed E-state index contributed by atoms with van der Waals surface area (Å²) >= 11 is 0. The Morgan fingerprint density at radius 2 is 2.05 bits per heavy atom. The molecule has 0 saturated carbocycles. The summed E-state index contributed by atoms with van der Waals surface area (Å²) in [5.41, 5.74) is 7.11. The standard InChI is InChI=1S/C15H24N2O2/c1-3-19-12(2)11-17-15(18)10-9-14(16)13-7-5-4-6-8-13/h4-8,12,14H,3,9-11,16H2,1-2H3,(H,17,18). The van der Waals surface area contributed by atoms with E-state index in [0.717, 1.165) is 5.56 Å². The Kier molecular flexibility index (Phi) is 7.15. The number of benzene rings is 1. The van der Waals surface area contributed by atoms with Crippen molar-refractivity contribution in [2.24, 2.45) is 5.73 Å². The van der Waals surface area contributed by atoms with Crippen molar-refractivity contribution in [3.63, 3.8) is 0 Å². The summed E-state index contributed by atoms with van der Waals surface area (Å²) < 4.78 is 5.35. The summed E-state index contributed by atoms with van der Waals surface area (Å²) in [7, 11) is 0.